The van der Waals surface area contributed by atoms with Gasteiger partial charge >= 0.3 is 5.97 Å². The minimum absolute atomic E-state index is 0.375. The van der Waals surface area contributed by atoms with E-state index in [2.05, 4.69) is 32.0 Å². The van der Waals surface area contributed by atoms with Crippen LogP contribution in [-0.2, 0) is 4.79 Å². The maximum Gasteiger partial charge on any atom is 0.341 e. The van der Waals surface area contributed by atoms with Crippen LogP contribution in [0, 0.1) is 5.92 Å². The van der Waals surface area contributed by atoms with E-state index in [0.717, 1.165) is 38.4 Å². The van der Waals surface area contributed by atoms with E-state index in [9.17, 15) is 9.90 Å². The van der Waals surface area contributed by atoms with Crippen molar-refractivity contribution < 1.29 is 19.4 Å². The lowest BCUT2D eigenvalue weighted by molar-refractivity contribution is -0.139. The Kier molecular flexibility index (Phi) is 5.57. The smallest absolute Gasteiger partial charge is 0.341 e. The first-order valence-corrected chi connectivity index (χ1v) is 10.1. The molecule has 1 N–H and O–H groups in total. The zero-order valence-electron chi connectivity index (χ0n) is 17.1. The lowest BCUT2D eigenvalue weighted by Gasteiger charge is -2.20. The summed E-state index contributed by atoms with van der Waals surface area (Å²) in [6.07, 6.45) is 0. The van der Waals surface area contributed by atoms with Crippen LogP contribution in [0.1, 0.15) is 13.8 Å². The molecule has 30 heavy (non-hydrogen) atoms. The van der Waals surface area contributed by atoms with Crippen molar-refractivity contribution in [2.45, 2.75) is 13.8 Å². The second kappa shape index (κ2) is 8.46. The molecular weight excluding hydrogens is 376 g/mol. The molecule has 4 aromatic rings. The van der Waals surface area contributed by atoms with Crippen molar-refractivity contribution in [3.63, 3.8) is 0 Å². The Balaban J connectivity index is 2.03. The van der Waals surface area contributed by atoms with Gasteiger partial charge in [0.05, 0.1) is 6.61 Å². The maximum atomic E-state index is 11.2. The average Bonchev–Trinajstić information content (AvgIpc) is 2.75. The maximum absolute atomic E-state index is 11.2. The summed E-state index contributed by atoms with van der Waals surface area (Å²) in [5.41, 5.74) is 1.77. The summed E-state index contributed by atoms with van der Waals surface area (Å²) in [6, 6.07) is 24.0. The summed E-state index contributed by atoms with van der Waals surface area (Å²) >= 11 is 0. The van der Waals surface area contributed by atoms with Crippen LogP contribution < -0.4 is 9.47 Å². The molecule has 0 aliphatic carbocycles. The van der Waals surface area contributed by atoms with Crippen LogP contribution >= 0.6 is 0 Å². The van der Waals surface area contributed by atoms with E-state index >= 15 is 0 Å². The molecule has 0 unspecified atom stereocenters. The first kappa shape index (κ1) is 19.8. The highest BCUT2D eigenvalue weighted by molar-refractivity contribution is 6.09. The second-order valence-corrected chi connectivity index (χ2v) is 7.71. The number of rotatable bonds is 7. The van der Waals surface area contributed by atoms with Crippen molar-refractivity contribution in [2.75, 3.05) is 13.2 Å². The zero-order chi connectivity index (χ0) is 21.1. The van der Waals surface area contributed by atoms with Crippen LogP contribution in [0.2, 0.25) is 0 Å². The van der Waals surface area contributed by atoms with E-state index in [1.807, 2.05) is 54.6 Å². The fraction of sp³-hybridized carbons (Fsp3) is 0.192. The van der Waals surface area contributed by atoms with Gasteiger partial charge in [0, 0.05) is 11.1 Å². The van der Waals surface area contributed by atoms with E-state index in [0.29, 0.717) is 18.3 Å². The van der Waals surface area contributed by atoms with E-state index in [1.165, 1.54) is 0 Å². The Morgan fingerprint density at radius 1 is 0.767 bits per heavy atom. The quantitative estimate of drug-likeness (QED) is 0.404. The third-order valence-electron chi connectivity index (χ3n) is 4.95. The van der Waals surface area contributed by atoms with Crippen LogP contribution in [0.5, 0.6) is 11.5 Å². The van der Waals surface area contributed by atoms with Crippen molar-refractivity contribution in [3.05, 3.63) is 72.8 Å². The SMILES string of the molecule is CC(C)COc1ccc2ccccc2c1-c1c(OCC(=O)O)ccc2ccccc12. The molecule has 0 aliphatic heterocycles. The predicted octanol–water partition coefficient (Wildman–Crippen LogP) is 6.16. The van der Waals surface area contributed by atoms with Crippen molar-refractivity contribution in [2.24, 2.45) is 5.92 Å². The standard InChI is InChI=1S/C26H24O4/c1-17(2)15-29-22-13-11-18-7-3-5-9-20(18)25(22)26-21-10-6-4-8-19(21)12-14-23(26)30-16-24(27)28/h3-14,17H,15-16H2,1-2H3,(H,27,28). The highest BCUT2D eigenvalue weighted by Gasteiger charge is 2.19. The van der Waals surface area contributed by atoms with Crippen LogP contribution in [0.4, 0.5) is 0 Å². The summed E-state index contributed by atoms with van der Waals surface area (Å²) in [5, 5.41) is 13.3. The number of fused-ring (bicyclic) bond motifs is 2. The number of carbonyl (C=O) groups is 1. The topological polar surface area (TPSA) is 55.8 Å². The van der Waals surface area contributed by atoms with Crippen LogP contribution in [0.25, 0.3) is 32.7 Å². The molecule has 0 spiro atoms. The Bertz CT molecular complexity index is 1210. The van der Waals surface area contributed by atoms with Crippen molar-refractivity contribution in [1.82, 2.24) is 0 Å². The van der Waals surface area contributed by atoms with Crippen molar-refractivity contribution in [3.8, 4) is 22.6 Å². The summed E-state index contributed by atoms with van der Waals surface area (Å²) < 4.78 is 12.0. The lowest BCUT2D eigenvalue weighted by atomic mass is 9.92. The van der Waals surface area contributed by atoms with Gasteiger partial charge in [-0.15, -0.1) is 0 Å². The van der Waals surface area contributed by atoms with Gasteiger partial charge in [-0.05, 0) is 39.6 Å². The molecule has 152 valence electrons. The van der Waals surface area contributed by atoms with E-state index in [-0.39, 0.29) is 0 Å². The third kappa shape index (κ3) is 3.94. The summed E-state index contributed by atoms with van der Waals surface area (Å²) in [4.78, 5) is 11.2. The van der Waals surface area contributed by atoms with Gasteiger partial charge in [0.15, 0.2) is 6.61 Å². The Morgan fingerprint density at radius 3 is 1.77 bits per heavy atom. The van der Waals surface area contributed by atoms with Gasteiger partial charge in [-0.3, -0.25) is 0 Å². The van der Waals surface area contributed by atoms with E-state index in [1.54, 1.807) is 0 Å². The molecule has 4 heteroatoms. The highest BCUT2D eigenvalue weighted by Crippen LogP contribution is 2.45. The van der Waals surface area contributed by atoms with Gasteiger partial charge < -0.3 is 14.6 Å². The number of ether oxygens (including phenoxy) is 2. The van der Waals surface area contributed by atoms with Crippen LogP contribution in [-0.4, -0.2) is 24.3 Å². The fourth-order valence-electron chi connectivity index (χ4n) is 3.66. The van der Waals surface area contributed by atoms with E-state index in [4.69, 9.17) is 9.47 Å². The van der Waals surface area contributed by atoms with Gasteiger partial charge in [0.2, 0.25) is 0 Å². The van der Waals surface area contributed by atoms with Gasteiger partial charge in [-0.1, -0.05) is 74.5 Å². The molecule has 0 heterocycles. The number of aliphatic carboxylic acids is 1. The molecule has 0 bridgehead atoms. The minimum Gasteiger partial charge on any atom is -0.493 e. The normalized spacial score (nSPS) is 11.2. The number of benzene rings is 4. The zero-order valence-corrected chi connectivity index (χ0v) is 17.1. The van der Waals surface area contributed by atoms with Crippen LogP contribution in [0.3, 0.4) is 0 Å². The fourth-order valence-corrected chi connectivity index (χ4v) is 3.66. The van der Waals surface area contributed by atoms with Gasteiger partial charge in [-0.2, -0.15) is 0 Å². The molecule has 4 rings (SSSR count). The first-order chi connectivity index (χ1) is 14.5. The summed E-state index contributed by atoms with van der Waals surface area (Å²) in [7, 11) is 0. The Morgan fingerprint density at radius 2 is 1.27 bits per heavy atom. The van der Waals surface area contributed by atoms with Crippen molar-refractivity contribution >= 4 is 27.5 Å². The van der Waals surface area contributed by atoms with Gasteiger partial charge in [0.1, 0.15) is 11.5 Å². The first-order valence-electron chi connectivity index (χ1n) is 10.1. The summed E-state index contributed by atoms with van der Waals surface area (Å²) in [5.74, 6) is 0.656. The number of carboxylic acids is 1. The van der Waals surface area contributed by atoms with Gasteiger partial charge in [-0.25, -0.2) is 4.79 Å². The Labute approximate surface area is 175 Å². The monoisotopic (exact) mass is 400 g/mol. The molecule has 0 aliphatic rings. The molecule has 0 saturated carbocycles. The van der Waals surface area contributed by atoms with E-state index < -0.39 is 12.6 Å². The molecule has 0 saturated heterocycles. The largest absolute Gasteiger partial charge is 0.493 e. The molecular formula is C26H24O4. The van der Waals surface area contributed by atoms with Crippen LogP contribution in [0.15, 0.2) is 72.8 Å². The number of carboxylic acid groups (broad SMARTS) is 1. The molecule has 4 nitrogen and oxygen atoms in total. The molecule has 4 aromatic carbocycles. The molecule has 0 fully saturated rings. The molecule has 0 aromatic heterocycles. The van der Waals surface area contributed by atoms with Crippen molar-refractivity contribution in [1.29, 1.82) is 0 Å². The molecule has 0 atom stereocenters. The average molecular weight is 400 g/mol. The van der Waals surface area contributed by atoms with Gasteiger partial charge in [0.25, 0.3) is 0 Å². The number of hydrogen-bond donors (Lipinski definition) is 1. The number of hydrogen-bond acceptors (Lipinski definition) is 3. The molecule has 0 amide bonds. The predicted molar refractivity (Wildman–Crippen MR) is 120 cm³/mol. The third-order valence-corrected chi connectivity index (χ3v) is 4.95. The molecule has 0 radical (unpaired) electrons. The lowest BCUT2D eigenvalue weighted by Crippen LogP contribution is -2.10. The second-order valence-electron chi connectivity index (χ2n) is 7.71. The summed E-state index contributed by atoms with van der Waals surface area (Å²) in [6.45, 7) is 4.40. The highest BCUT2D eigenvalue weighted by atomic mass is 16.5. The minimum atomic E-state index is -1.01. The Hall–Kier alpha value is -3.53.